The Morgan fingerprint density at radius 3 is 2.15 bits per heavy atom. The fourth-order valence-corrected chi connectivity index (χ4v) is 2.06. The van der Waals surface area contributed by atoms with Crippen LogP contribution < -0.4 is 0 Å². The Kier molecular flexibility index (Phi) is 4.04. The number of hydrogen-bond acceptors (Lipinski definition) is 1. The number of aromatic nitrogens is 1. The molecule has 20 heavy (non-hydrogen) atoms. The Morgan fingerprint density at radius 1 is 1.05 bits per heavy atom. The molecule has 1 aromatic heterocycles. The molecule has 0 aliphatic rings. The van der Waals surface area contributed by atoms with Gasteiger partial charge in [-0.3, -0.25) is 0 Å². The first-order valence-electron chi connectivity index (χ1n) is 6.12. The van der Waals surface area contributed by atoms with E-state index >= 15 is 0 Å². The van der Waals surface area contributed by atoms with Crippen LogP contribution in [-0.2, 0) is 6.18 Å². The van der Waals surface area contributed by atoms with Gasteiger partial charge in [-0.1, -0.05) is 49.7 Å². The summed E-state index contributed by atoms with van der Waals surface area (Å²) in [5.74, 6) is 0.363. The average Bonchev–Trinajstić information content (AvgIpc) is 2.37. The van der Waals surface area contributed by atoms with E-state index in [1.54, 1.807) is 12.1 Å². The largest absolute Gasteiger partial charge is 0.416 e. The minimum atomic E-state index is -4.43. The molecule has 0 bridgehead atoms. The summed E-state index contributed by atoms with van der Waals surface area (Å²) >= 11 is 5.68. The van der Waals surface area contributed by atoms with E-state index in [0.717, 1.165) is 17.7 Å². The molecule has 2 aromatic rings. The number of benzene rings is 1. The van der Waals surface area contributed by atoms with Crippen LogP contribution >= 0.6 is 11.6 Å². The maximum Gasteiger partial charge on any atom is 0.416 e. The van der Waals surface area contributed by atoms with Gasteiger partial charge < -0.3 is 0 Å². The Balaban J connectivity index is 2.44. The van der Waals surface area contributed by atoms with Crippen molar-refractivity contribution >= 4 is 11.6 Å². The molecule has 0 atom stereocenters. The fourth-order valence-electron chi connectivity index (χ4n) is 1.85. The first-order valence-corrected chi connectivity index (χ1v) is 6.50. The highest BCUT2D eigenvalue weighted by Gasteiger charge is 2.31. The molecule has 106 valence electrons. The van der Waals surface area contributed by atoms with E-state index in [2.05, 4.69) is 4.98 Å². The first kappa shape index (κ1) is 14.9. The summed E-state index contributed by atoms with van der Waals surface area (Å²) in [6.45, 7) is 4.10. The van der Waals surface area contributed by atoms with Crippen LogP contribution in [0.1, 0.15) is 30.9 Å². The van der Waals surface area contributed by atoms with E-state index in [0.29, 0.717) is 11.5 Å². The van der Waals surface area contributed by atoms with Crippen molar-refractivity contribution < 1.29 is 13.2 Å². The van der Waals surface area contributed by atoms with Crippen molar-refractivity contribution in [3.63, 3.8) is 0 Å². The summed E-state index contributed by atoms with van der Waals surface area (Å²) in [4.78, 5) is 3.96. The quantitative estimate of drug-likeness (QED) is 0.663. The van der Waals surface area contributed by atoms with Gasteiger partial charge in [0.2, 0.25) is 0 Å². The molecule has 0 aliphatic heterocycles. The van der Waals surface area contributed by atoms with E-state index in [-0.39, 0.29) is 10.8 Å². The Morgan fingerprint density at radius 2 is 1.65 bits per heavy atom. The van der Waals surface area contributed by atoms with Crippen molar-refractivity contribution in [2.45, 2.75) is 25.9 Å². The third kappa shape index (κ3) is 3.31. The number of nitrogens with zero attached hydrogens (tertiary/aromatic N) is 1. The molecule has 1 heterocycles. The van der Waals surface area contributed by atoms with Crippen LogP contribution in [0.5, 0.6) is 0 Å². The first-order chi connectivity index (χ1) is 9.27. The maximum absolute atomic E-state index is 12.7. The third-order valence-corrected chi connectivity index (χ3v) is 3.19. The highest BCUT2D eigenvalue weighted by atomic mass is 35.5. The summed E-state index contributed by atoms with van der Waals surface area (Å²) in [5.41, 5.74) is 1.16. The lowest BCUT2D eigenvalue weighted by molar-refractivity contribution is -0.137. The zero-order valence-electron chi connectivity index (χ0n) is 11.0. The molecule has 0 N–H and O–H groups in total. The van der Waals surface area contributed by atoms with Crippen LogP contribution in [0.25, 0.3) is 11.3 Å². The van der Waals surface area contributed by atoms with Crippen molar-refractivity contribution in [2.24, 2.45) is 0 Å². The van der Waals surface area contributed by atoms with Gasteiger partial charge in [0, 0.05) is 5.56 Å². The van der Waals surface area contributed by atoms with Crippen LogP contribution in [0.2, 0.25) is 5.15 Å². The molecule has 0 spiro atoms. The number of halogens is 4. The van der Waals surface area contributed by atoms with Crippen LogP contribution in [0.3, 0.4) is 0 Å². The molecule has 0 saturated carbocycles. The summed E-state index contributed by atoms with van der Waals surface area (Å²) < 4.78 is 38.2. The summed E-state index contributed by atoms with van der Waals surface area (Å²) in [5, 5.41) is -0.164. The fraction of sp³-hybridized carbons (Fsp3) is 0.267. The number of alkyl halides is 3. The molecular formula is C15H13ClF3N. The van der Waals surface area contributed by atoms with E-state index in [4.69, 9.17) is 11.6 Å². The summed E-state index contributed by atoms with van der Waals surface area (Å²) in [6.07, 6.45) is -4.43. The molecule has 2 rings (SSSR count). The summed E-state index contributed by atoms with van der Waals surface area (Å²) in [6, 6.07) is 9.12. The second-order valence-corrected chi connectivity index (χ2v) is 5.23. The van der Waals surface area contributed by atoms with Crippen LogP contribution in [0.4, 0.5) is 13.2 Å². The Labute approximate surface area is 120 Å². The zero-order chi connectivity index (χ0) is 14.9. The lowest BCUT2D eigenvalue weighted by Gasteiger charge is -2.10. The Bertz CT molecular complexity index is 604. The van der Waals surface area contributed by atoms with Crippen molar-refractivity contribution in [3.8, 4) is 11.3 Å². The molecule has 1 nitrogen and oxygen atoms in total. The average molecular weight is 300 g/mol. The lowest BCUT2D eigenvalue weighted by Crippen LogP contribution is -2.05. The molecule has 0 unspecified atom stereocenters. The maximum atomic E-state index is 12.7. The number of pyridine rings is 1. The molecule has 0 fully saturated rings. The standard InChI is InChI=1S/C15H13ClF3N/c1-9(2)10-3-5-11(6-4-10)13-7-12(15(17,18)19)8-14(16)20-13/h3-9H,1-2H3. The van der Waals surface area contributed by atoms with Crippen molar-refractivity contribution in [1.29, 1.82) is 0 Å². The second-order valence-electron chi connectivity index (χ2n) is 4.84. The Hall–Kier alpha value is -1.55. The zero-order valence-corrected chi connectivity index (χ0v) is 11.8. The molecule has 5 heteroatoms. The van der Waals surface area contributed by atoms with Gasteiger partial charge in [0.05, 0.1) is 11.3 Å². The summed E-state index contributed by atoms with van der Waals surface area (Å²) in [7, 11) is 0. The highest BCUT2D eigenvalue weighted by Crippen LogP contribution is 2.33. The lowest BCUT2D eigenvalue weighted by atomic mass is 10.0. The number of hydrogen-bond donors (Lipinski definition) is 0. The minimum Gasteiger partial charge on any atom is -0.236 e. The van der Waals surface area contributed by atoms with Gasteiger partial charge in [-0.05, 0) is 23.6 Å². The van der Waals surface area contributed by atoms with Crippen molar-refractivity contribution in [1.82, 2.24) is 4.98 Å². The van der Waals surface area contributed by atoms with Gasteiger partial charge in [-0.15, -0.1) is 0 Å². The van der Waals surface area contributed by atoms with E-state index in [9.17, 15) is 13.2 Å². The van der Waals surface area contributed by atoms with Gasteiger partial charge in [-0.2, -0.15) is 13.2 Å². The van der Waals surface area contributed by atoms with Gasteiger partial charge in [0.25, 0.3) is 0 Å². The van der Waals surface area contributed by atoms with Gasteiger partial charge in [0.15, 0.2) is 0 Å². The van der Waals surface area contributed by atoms with E-state index in [1.807, 2.05) is 26.0 Å². The predicted octanol–water partition coefficient (Wildman–Crippen LogP) is 5.54. The highest BCUT2D eigenvalue weighted by molar-refractivity contribution is 6.29. The van der Waals surface area contributed by atoms with E-state index < -0.39 is 11.7 Å². The van der Waals surface area contributed by atoms with E-state index in [1.165, 1.54) is 0 Å². The molecule has 1 aromatic carbocycles. The monoisotopic (exact) mass is 299 g/mol. The van der Waals surface area contributed by atoms with Crippen LogP contribution in [0.15, 0.2) is 36.4 Å². The minimum absolute atomic E-state index is 0.164. The van der Waals surface area contributed by atoms with Crippen LogP contribution in [0, 0.1) is 0 Å². The molecule has 0 amide bonds. The van der Waals surface area contributed by atoms with Gasteiger partial charge in [-0.25, -0.2) is 4.98 Å². The number of rotatable bonds is 2. The van der Waals surface area contributed by atoms with Gasteiger partial charge in [0.1, 0.15) is 5.15 Å². The van der Waals surface area contributed by atoms with Gasteiger partial charge >= 0.3 is 6.18 Å². The molecule has 0 radical (unpaired) electrons. The molecule has 0 aliphatic carbocycles. The normalized spacial score (nSPS) is 11.9. The van der Waals surface area contributed by atoms with Crippen LogP contribution in [-0.4, -0.2) is 4.98 Å². The second kappa shape index (κ2) is 5.44. The third-order valence-electron chi connectivity index (χ3n) is 2.99. The molecular weight excluding hydrogens is 287 g/mol. The molecule has 0 saturated heterocycles. The SMILES string of the molecule is CC(C)c1ccc(-c2cc(C(F)(F)F)cc(Cl)n2)cc1. The predicted molar refractivity (Wildman–Crippen MR) is 73.8 cm³/mol. The smallest absolute Gasteiger partial charge is 0.236 e. The van der Waals surface area contributed by atoms with Crippen molar-refractivity contribution in [2.75, 3.05) is 0 Å². The topological polar surface area (TPSA) is 12.9 Å². The van der Waals surface area contributed by atoms with Crippen molar-refractivity contribution in [3.05, 3.63) is 52.7 Å².